The van der Waals surface area contributed by atoms with Crippen LogP contribution >= 0.6 is 11.3 Å². The van der Waals surface area contributed by atoms with E-state index in [0.29, 0.717) is 17.7 Å². The monoisotopic (exact) mass is 398 g/mol. The Hall–Kier alpha value is -2.51. The van der Waals surface area contributed by atoms with Gasteiger partial charge < -0.3 is 10.2 Å². The fourth-order valence-electron chi connectivity index (χ4n) is 4.07. The maximum Gasteiger partial charge on any atom is 0.261 e. The lowest BCUT2D eigenvalue weighted by molar-refractivity contribution is -0.918. The van der Waals surface area contributed by atoms with Crippen molar-refractivity contribution in [3.63, 3.8) is 0 Å². The summed E-state index contributed by atoms with van der Waals surface area (Å²) in [6.45, 7) is 2.95. The van der Waals surface area contributed by atoms with Gasteiger partial charge in [0.05, 0.1) is 35.6 Å². The predicted octanol–water partition coefficient (Wildman–Crippen LogP) is 1.27. The Labute approximate surface area is 168 Å². The Kier molecular flexibility index (Phi) is 5.54. The minimum atomic E-state index is -0.314. The molecule has 0 saturated carbocycles. The van der Waals surface area contributed by atoms with Gasteiger partial charge in [0.2, 0.25) is 5.91 Å². The molecule has 3 heterocycles. The molecule has 0 bridgehead atoms. The van der Waals surface area contributed by atoms with Crippen molar-refractivity contribution >= 4 is 29.1 Å². The van der Waals surface area contributed by atoms with Crippen LogP contribution in [0.25, 0.3) is 0 Å². The molecule has 7 heteroatoms. The van der Waals surface area contributed by atoms with Crippen LogP contribution in [0.5, 0.6) is 0 Å². The van der Waals surface area contributed by atoms with E-state index < -0.39 is 0 Å². The molecule has 4 rings (SSSR count). The SMILES string of the molecule is O=C(CCN1C(=O)c2ccccc2C1=O)NC[C@H](c1cccs1)[NH+]1CCCC1. The first-order valence-corrected chi connectivity index (χ1v) is 10.6. The lowest BCUT2D eigenvalue weighted by Crippen LogP contribution is -3.11. The predicted molar refractivity (Wildman–Crippen MR) is 106 cm³/mol. The molecule has 0 unspecified atom stereocenters. The highest BCUT2D eigenvalue weighted by molar-refractivity contribution is 7.10. The molecule has 0 spiro atoms. The molecule has 1 fully saturated rings. The van der Waals surface area contributed by atoms with Crippen LogP contribution in [0.4, 0.5) is 0 Å². The second kappa shape index (κ2) is 8.24. The zero-order chi connectivity index (χ0) is 19.5. The van der Waals surface area contributed by atoms with Gasteiger partial charge in [-0.15, -0.1) is 11.3 Å². The second-order valence-corrected chi connectivity index (χ2v) is 8.27. The molecule has 2 aliphatic rings. The first-order valence-electron chi connectivity index (χ1n) is 9.75. The van der Waals surface area contributed by atoms with E-state index >= 15 is 0 Å². The number of carbonyl (C=O) groups excluding carboxylic acids is 3. The highest BCUT2D eigenvalue weighted by atomic mass is 32.1. The minimum absolute atomic E-state index is 0.110. The standard InChI is InChI=1S/C21H23N3O3S/c25-19(9-12-24-20(26)15-6-1-2-7-16(15)21(24)27)22-14-17(18-8-5-13-28-18)23-10-3-4-11-23/h1-2,5-8,13,17H,3-4,9-12,14H2,(H,22,25)/p+1/t17-/m1/s1. The number of carbonyl (C=O) groups is 3. The van der Waals surface area contributed by atoms with Gasteiger partial charge in [0.15, 0.2) is 0 Å². The third-order valence-electron chi connectivity index (χ3n) is 5.57. The third kappa shape index (κ3) is 3.72. The van der Waals surface area contributed by atoms with Crippen LogP contribution < -0.4 is 10.2 Å². The van der Waals surface area contributed by atoms with Crippen LogP contribution in [0.15, 0.2) is 41.8 Å². The Morgan fingerprint density at radius 3 is 2.36 bits per heavy atom. The summed E-state index contributed by atoms with van der Waals surface area (Å²) in [6.07, 6.45) is 2.58. The highest BCUT2D eigenvalue weighted by Gasteiger charge is 2.35. The number of nitrogens with one attached hydrogen (secondary N) is 2. The summed E-state index contributed by atoms with van der Waals surface area (Å²) in [4.78, 5) is 41.2. The first-order chi connectivity index (χ1) is 13.6. The molecule has 1 saturated heterocycles. The van der Waals surface area contributed by atoms with Crippen molar-refractivity contribution in [3.05, 3.63) is 57.8 Å². The largest absolute Gasteiger partial charge is 0.350 e. The number of thiophene rings is 1. The van der Waals surface area contributed by atoms with E-state index in [1.54, 1.807) is 35.6 Å². The number of hydrogen-bond acceptors (Lipinski definition) is 4. The van der Waals surface area contributed by atoms with Crippen LogP contribution in [-0.4, -0.2) is 48.8 Å². The van der Waals surface area contributed by atoms with Crippen LogP contribution in [0.1, 0.15) is 50.9 Å². The molecule has 3 amide bonds. The van der Waals surface area contributed by atoms with E-state index in [0.717, 1.165) is 13.1 Å². The fraction of sp³-hybridized carbons (Fsp3) is 0.381. The summed E-state index contributed by atoms with van der Waals surface area (Å²) in [6, 6.07) is 11.2. The van der Waals surface area contributed by atoms with Crippen molar-refractivity contribution in [1.29, 1.82) is 0 Å². The Morgan fingerprint density at radius 1 is 1.07 bits per heavy atom. The van der Waals surface area contributed by atoms with Crippen LogP contribution in [-0.2, 0) is 4.79 Å². The first kappa shape index (κ1) is 18.8. The number of benzene rings is 1. The molecule has 2 N–H and O–H groups in total. The number of rotatable bonds is 7. The topological polar surface area (TPSA) is 70.9 Å². The summed E-state index contributed by atoms with van der Waals surface area (Å²) >= 11 is 1.73. The van der Waals surface area contributed by atoms with E-state index in [1.807, 2.05) is 6.07 Å². The molecule has 1 atom stereocenters. The molecule has 0 aliphatic carbocycles. The van der Waals surface area contributed by atoms with Crippen LogP contribution in [0.2, 0.25) is 0 Å². The molecular formula is C21H24N3O3S+. The quantitative estimate of drug-likeness (QED) is 0.690. The Bertz CT molecular complexity index is 840. The van der Waals surface area contributed by atoms with E-state index in [-0.39, 0.29) is 36.7 Å². The van der Waals surface area contributed by atoms with Crippen LogP contribution in [0.3, 0.4) is 0 Å². The van der Waals surface area contributed by atoms with Crippen molar-refractivity contribution in [2.75, 3.05) is 26.2 Å². The van der Waals surface area contributed by atoms with Gasteiger partial charge in [0, 0.05) is 25.8 Å². The maximum absolute atomic E-state index is 12.4. The van der Waals surface area contributed by atoms with Gasteiger partial charge in [-0.1, -0.05) is 18.2 Å². The van der Waals surface area contributed by atoms with Gasteiger partial charge in [-0.3, -0.25) is 19.3 Å². The number of fused-ring (bicyclic) bond motifs is 1. The second-order valence-electron chi connectivity index (χ2n) is 7.29. The lowest BCUT2D eigenvalue weighted by atomic mass is 10.1. The Balaban J connectivity index is 1.32. The van der Waals surface area contributed by atoms with Gasteiger partial charge in [-0.05, 0) is 23.6 Å². The van der Waals surface area contributed by atoms with E-state index in [9.17, 15) is 14.4 Å². The van der Waals surface area contributed by atoms with E-state index in [4.69, 9.17) is 0 Å². The fourth-order valence-corrected chi connectivity index (χ4v) is 4.96. The summed E-state index contributed by atoms with van der Waals surface area (Å²) in [7, 11) is 0. The van der Waals surface area contributed by atoms with Gasteiger partial charge >= 0.3 is 0 Å². The molecule has 1 aromatic carbocycles. The van der Waals surface area contributed by atoms with Crippen molar-refractivity contribution in [1.82, 2.24) is 10.2 Å². The maximum atomic E-state index is 12.4. The zero-order valence-corrected chi connectivity index (χ0v) is 16.5. The smallest absolute Gasteiger partial charge is 0.261 e. The summed E-state index contributed by atoms with van der Waals surface area (Å²) in [5.74, 6) is -0.755. The summed E-state index contributed by atoms with van der Waals surface area (Å²) in [5.41, 5.74) is 0.839. The van der Waals surface area contributed by atoms with Crippen molar-refractivity contribution in [3.8, 4) is 0 Å². The third-order valence-corrected chi connectivity index (χ3v) is 6.56. The summed E-state index contributed by atoms with van der Waals surface area (Å²) in [5, 5.41) is 5.09. The normalized spacial score (nSPS) is 17.8. The van der Waals surface area contributed by atoms with Crippen molar-refractivity contribution < 1.29 is 19.3 Å². The van der Waals surface area contributed by atoms with Gasteiger partial charge in [-0.2, -0.15) is 0 Å². The van der Waals surface area contributed by atoms with Gasteiger partial charge in [-0.25, -0.2) is 0 Å². The molecule has 6 nitrogen and oxygen atoms in total. The average molecular weight is 399 g/mol. The average Bonchev–Trinajstić information content (AvgIpc) is 3.45. The van der Waals surface area contributed by atoms with E-state index in [1.165, 1.54) is 27.5 Å². The number of quaternary nitrogens is 1. The minimum Gasteiger partial charge on any atom is -0.350 e. The highest BCUT2D eigenvalue weighted by Crippen LogP contribution is 2.22. The molecule has 1 aromatic heterocycles. The molecule has 0 radical (unpaired) electrons. The van der Waals surface area contributed by atoms with Crippen molar-refractivity contribution in [2.24, 2.45) is 0 Å². The molecule has 28 heavy (non-hydrogen) atoms. The number of likely N-dealkylation sites (tertiary alicyclic amines) is 1. The molecular weight excluding hydrogens is 374 g/mol. The van der Waals surface area contributed by atoms with Gasteiger partial charge in [0.1, 0.15) is 6.04 Å². The molecule has 2 aliphatic heterocycles. The number of nitrogens with zero attached hydrogens (tertiary/aromatic N) is 1. The van der Waals surface area contributed by atoms with Crippen molar-refractivity contribution in [2.45, 2.75) is 25.3 Å². The molecule has 146 valence electrons. The number of hydrogen-bond donors (Lipinski definition) is 2. The Morgan fingerprint density at radius 2 is 1.75 bits per heavy atom. The zero-order valence-electron chi connectivity index (χ0n) is 15.6. The number of imide groups is 1. The van der Waals surface area contributed by atoms with Gasteiger partial charge in [0.25, 0.3) is 11.8 Å². The van der Waals surface area contributed by atoms with Crippen LogP contribution in [0, 0.1) is 0 Å². The lowest BCUT2D eigenvalue weighted by Gasteiger charge is -2.24. The summed E-state index contributed by atoms with van der Waals surface area (Å²) < 4.78 is 0. The molecule has 2 aromatic rings. The number of amides is 3. The van der Waals surface area contributed by atoms with E-state index in [2.05, 4.69) is 16.8 Å².